The first-order valence-corrected chi connectivity index (χ1v) is 5.99. The number of hydrogen-bond acceptors (Lipinski definition) is 0. The van der Waals surface area contributed by atoms with Crippen molar-refractivity contribution in [2.45, 2.75) is 51.4 Å². The van der Waals surface area contributed by atoms with Crippen LogP contribution in [0.5, 0.6) is 0 Å². The fourth-order valence-electron chi connectivity index (χ4n) is 1.30. The molecular weight excluding hydrogens is 170 g/mol. The van der Waals surface area contributed by atoms with Crippen molar-refractivity contribution in [2.75, 3.05) is 12.8 Å². The van der Waals surface area contributed by atoms with Crippen molar-refractivity contribution in [3.8, 4) is 0 Å². The molecule has 0 saturated heterocycles. The highest BCUT2D eigenvalue weighted by Crippen LogP contribution is 2.09. The van der Waals surface area contributed by atoms with Crippen LogP contribution in [0.1, 0.15) is 51.4 Å². The molecule has 0 spiro atoms. The van der Waals surface area contributed by atoms with Crippen molar-refractivity contribution in [3.05, 3.63) is 0 Å². The summed E-state index contributed by atoms with van der Waals surface area (Å²) in [5.41, 5.74) is 0. The third-order valence-electron chi connectivity index (χ3n) is 2.09. The molecule has 0 bridgehead atoms. The molecule has 0 nitrogen and oxygen atoms in total. The molecule has 1 unspecified atom stereocenters. The van der Waals surface area contributed by atoms with Crippen molar-refractivity contribution in [2.24, 2.45) is 0 Å². The second-order valence-electron chi connectivity index (χ2n) is 3.31. The largest absolute Gasteiger partial charge is 0.251 e. The Bertz CT molecular complexity index is 66.2. The summed E-state index contributed by atoms with van der Waals surface area (Å²) in [7, 11) is 2.76. The molecule has 2 heteroatoms. The van der Waals surface area contributed by atoms with Crippen LogP contribution >= 0.6 is 9.24 Å². The van der Waals surface area contributed by atoms with Gasteiger partial charge in [-0.05, 0) is 19.0 Å². The Morgan fingerprint density at radius 1 is 0.667 bits per heavy atom. The predicted molar refractivity (Wildman–Crippen MR) is 57.5 cm³/mol. The Hall–Kier alpha value is 0.360. The fraction of sp³-hybridized carbons (Fsp3) is 1.00. The van der Waals surface area contributed by atoms with E-state index >= 15 is 0 Å². The van der Waals surface area contributed by atoms with Gasteiger partial charge in [0.15, 0.2) is 0 Å². The van der Waals surface area contributed by atoms with Crippen molar-refractivity contribution in [1.29, 1.82) is 0 Å². The van der Waals surface area contributed by atoms with E-state index in [1.807, 2.05) is 0 Å². The van der Waals surface area contributed by atoms with E-state index in [-0.39, 0.29) is 6.67 Å². The number of halogens is 1. The molecule has 0 aliphatic rings. The Balaban J connectivity index is 2.73. The first kappa shape index (κ1) is 12.4. The number of unbranched alkanes of at least 4 members (excludes halogenated alkanes) is 7. The molecule has 0 aliphatic carbocycles. The topological polar surface area (TPSA) is 0 Å². The van der Waals surface area contributed by atoms with E-state index in [4.69, 9.17) is 0 Å². The van der Waals surface area contributed by atoms with E-state index < -0.39 is 0 Å². The molecular formula is C10H22FP. The average molecular weight is 192 g/mol. The number of hydrogen-bond donors (Lipinski definition) is 0. The lowest BCUT2D eigenvalue weighted by molar-refractivity contribution is 0.449. The van der Waals surface area contributed by atoms with Crippen LogP contribution in [0.4, 0.5) is 4.39 Å². The Morgan fingerprint density at radius 2 is 1.08 bits per heavy atom. The summed E-state index contributed by atoms with van der Waals surface area (Å²) >= 11 is 0. The summed E-state index contributed by atoms with van der Waals surface area (Å²) in [6.45, 7) is -0.132. The van der Waals surface area contributed by atoms with Crippen LogP contribution in [-0.4, -0.2) is 12.8 Å². The third kappa shape index (κ3) is 10.4. The molecule has 1 atom stereocenters. The summed E-state index contributed by atoms with van der Waals surface area (Å²) in [4.78, 5) is 0. The molecule has 0 amide bonds. The van der Waals surface area contributed by atoms with Gasteiger partial charge in [0.2, 0.25) is 0 Å². The molecule has 0 saturated carbocycles. The van der Waals surface area contributed by atoms with Gasteiger partial charge in [-0.3, -0.25) is 4.39 Å². The molecule has 0 aromatic rings. The van der Waals surface area contributed by atoms with Gasteiger partial charge >= 0.3 is 0 Å². The lowest BCUT2D eigenvalue weighted by Crippen LogP contribution is -1.82. The molecule has 0 aromatic heterocycles. The zero-order valence-corrected chi connectivity index (χ0v) is 9.18. The molecule has 0 heterocycles. The highest BCUT2D eigenvalue weighted by Gasteiger charge is 1.90. The first-order valence-electron chi connectivity index (χ1n) is 5.18. The van der Waals surface area contributed by atoms with Crippen LogP contribution in [0.3, 0.4) is 0 Å². The number of alkyl halides is 1. The van der Waals surface area contributed by atoms with Crippen molar-refractivity contribution >= 4 is 9.24 Å². The van der Waals surface area contributed by atoms with Gasteiger partial charge in [0.25, 0.3) is 0 Å². The third-order valence-corrected chi connectivity index (χ3v) is 2.50. The van der Waals surface area contributed by atoms with Crippen LogP contribution in [0.15, 0.2) is 0 Å². The molecule has 74 valence electrons. The maximum atomic E-state index is 11.7. The van der Waals surface area contributed by atoms with E-state index in [1.165, 1.54) is 44.7 Å². The first-order chi connectivity index (χ1) is 5.91. The van der Waals surface area contributed by atoms with E-state index in [9.17, 15) is 4.39 Å². The van der Waals surface area contributed by atoms with Crippen LogP contribution in [-0.2, 0) is 0 Å². The normalized spacial score (nSPS) is 10.5. The van der Waals surface area contributed by atoms with Crippen LogP contribution in [0.2, 0.25) is 0 Å². The minimum atomic E-state index is -0.132. The summed E-state index contributed by atoms with van der Waals surface area (Å²) in [5, 5.41) is 0. The summed E-state index contributed by atoms with van der Waals surface area (Å²) in [5.74, 6) is 0. The van der Waals surface area contributed by atoms with E-state index in [2.05, 4.69) is 9.24 Å². The Morgan fingerprint density at radius 3 is 1.50 bits per heavy atom. The van der Waals surface area contributed by atoms with Gasteiger partial charge in [-0.15, -0.1) is 9.24 Å². The highest BCUT2D eigenvalue weighted by molar-refractivity contribution is 7.16. The standard InChI is InChI=1S/C10H22FP/c11-9-7-5-3-1-2-4-6-8-10-12/h1-10,12H2. The van der Waals surface area contributed by atoms with Crippen LogP contribution in [0, 0.1) is 0 Å². The summed E-state index contributed by atoms with van der Waals surface area (Å²) in [6, 6.07) is 0. The van der Waals surface area contributed by atoms with Gasteiger partial charge in [-0.2, -0.15) is 0 Å². The second-order valence-corrected chi connectivity index (χ2v) is 3.88. The summed E-state index contributed by atoms with van der Waals surface area (Å²) < 4.78 is 11.7. The lowest BCUT2D eigenvalue weighted by atomic mass is 10.1. The van der Waals surface area contributed by atoms with E-state index in [1.54, 1.807) is 0 Å². The zero-order chi connectivity index (χ0) is 9.07. The van der Waals surface area contributed by atoms with Gasteiger partial charge in [0.05, 0.1) is 6.67 Å². The molecule has 0 aliphatic heterocycles. The molecule has 0 radical (unpaired) electrons. The van der Waals surface area contributed by atoms with Crippen LogP contribution < -0.4 is 0 Å². The van der Waals surface area contributed by atoms with Crippen molar-refractivity contribution in [3.63, 3.8) is 0 Å². The highest BCUT2D eigenvalue weighted by atomic mass is 31.0. The summed E-state index contributed by atoms with van der Waals surface area (Å²) in [6.07, 6.45) is 11.0. The quantitative estimate of drug-likeness (QED) is 0.383. The Kier molecular flexibility index (Phi) is 11.7. The predicted octanol–water partition coefficient (Wildman–Crippen LogP) is 3.95. The molecule has 0 rings (SSSR count). The molecule has 12 heavy (non-hydrogen) atoms. The number of rotatable bonds is 9. The SMILES string of the molecule is FCCCCCCCCCCP. The monoisotopic (exact) mass is 192 g/mol. The van der Waals surface area contributed by atoms with E-state index in [0.717, 1.165) is 12.8 Å². The van der Waals surface area contributed by atoms with Gasteiger partial charge in [-0.1, -0.05) is 38.5 Å². The Labute approximate surface area is 78.5 Å². The van der Waals surface area contributed by atoms with Gasteiger partial charge in [-0.25, -0.2) is 0 Å². The molecule has 0 aromatic carbocycles. The minimum Gasteiger partial charge on any atom is -0.251 e. The van der Waals surface area contributed by atoms with Crippen LogP contribution in [0.25, 0.3) is 0 Å². The fourth-order valence-corrected chi connectivity index (χ4v) is 1.59. The van der Waals surface area contributed by atoms with Gasteiger partial charge in [0, 0.05) is 0 Å². The van der Waals surface area contributed by atoms with Crippen molar-refractivity contribution in [1.82, 2.24) is 0 Å². The van der Waals surface area contributed by atoms with E-state index in [0.29, 0.717) is 0 Å². The maximum absolute atomic E-state index is 11.7. The lowest BCUT2D eigenvalue weighted by Gasteiger charge is -1.99. The average Bonchev–Trinajstić information content (AvgIpc) is 2.10. The van der Waals surface area contributed by atoms with Crippen molar-refractivity contribution < 1.29 is 4.39 Å². The van der Waals surface area contributed by atoms with Gasteiger partial charge < -0.3 is 0 Å². The molecule has 0 N–H and O–H groups in total. The van der Waals surface area contributed by atoms with Gasteiger partial charge in [0.1, 0.15) is 0 Å². The minimum absolute atomic E-state index is 0.132. The zero-order valence-electron chi connectivity index (χ0n) is 8.03. The smallest absolute Gasteiger partial charge is 0.0894 e. The maximum Gasteiger partial charge on any atom is 0.0894 e. The second kappa shape index (κ2) is 11.4. The molecule has 0 fully saturated rings.